The second-order valence-corrected chi connectivity index (χ2v) is 2.54. The van der Waals surface area contributed by atoms with Crippen LogP contribution in [0.5, 0.6) is 0 Å². The monoisotopic (exact) mass is 194 g/mol. The molecule has 0 saturated heterocycles. The molecule has 1 rings (SSSR count). The van der Waals surface area contributed by atoms with Gasteiger partial charge in [0.05, 0.1) is 24.0 Å². The summed E-state index contributed by atoms with van der Waals surface area (Å²) < 4.78 is 0. The van der Waals surface area contributed by atoms with Crippen molar-refractivity contribution < 1.29 is 9.59 Å². The summed E-state index contributed by atoms with van der Waals surface area (Å²) in [6.07, 6.45) is 2.76. The van der Waals surface area contributed by atoms with Gasteiger partial charge in [0.2, 0.25) is 5.91 Å². The number of carbonyl (C=O) groups is 2. The minimum atomic E-state index is -0.625. The Morgan fingerprint density at radius 3 is 2.79 bits per heavy atom. The quantitative estimate of drug-likeness (QED) is 0.577. The molecule has 6 nitrogen and oxygen atoms in total. The third-order valence-electron chi connectivity index (χ3n) is 1.55. The van der Waals surface area contributed by atoms with Crippen LogP contribution in [-0.2, 0) is 4.79 Å². The molecule has 0 bridgehead atoms. The summed E-state index contributed by atoms with van der Waals surface area (Å²) in [7, 11) is 0. The number of hydrogen-bond donors (Lipinski definition) is 3. The molecular weight excluding hydrogens is 184 g/mol. The molecule has 74 valence electrons. The first-order valence-corrected chi connectivity index (χ1v) is 3.89. The Labute approximate surface area is 80.3 Å². The van der Waals surface area contributed by atoms with Crippen LogP contribution in [0.2, 0.25) is 0 Å². The highest BCUT2D eigenvalue weighted by Gasteiger charge is 2.09. The number of rotatable bonds is 3. The van der Waals surface area contributed by atoms with Crippen LogP contribution >= 0.6 is 0 Å². The van der Waals surface area contributed by atoms with E-state index in [9.17, 15) is 9.59 Å². The van der Waals surface area contributed by atoms with Gasteiger partial charge in [-0.2, -0.15) is 0 Å². The van der Waals surface area contributed by atoms with Crippen molar-refractivity contribution in [2.75, 3.05) is 11.9 Å². The van der Waals surface area contributed by atoms with Crippen LogP contribution in [0.25, 0.3) is 0 Å². The average molecular weight is 194 g/mol. The summed E-state index contributed by atoms with van der Waals surface area (Å²) >= 11 is 0. The molecule has 0 fully saturated rings. The fourth-order valence-corrected chi connectivity index (χ4v) is 0.910. The van der Waals surface area contributed by atoms with E-state index in [0.29, 0.717) is 0 Å². The fraction of sp³-hybridized carbons (Fsp3) is 0.125. The van der Waals surface area contributed by atoms with E-state index in [4.69, 9.17) is 11.5 Å². The molecule has 1 heterocycles. The van der Waals surface area contributed by atoms with E-state index in [1.807, 2.05) is 0 Å². The smallest absolute Gasteiger partial charge is 0.250 e. The second-order valence-electron chi connectivity index (χ2n) is 2.54. The topological polar surface area (TPSA) is 111 Å². The third-order valence-corrected chi connectivity index (χ3v) is 1.55. The van der Waals surface area contributed by atoms with Crippen LogP contribution in [0.3, 0.4) is 0 Å². The van der Waals surface area contributed by atoms with E-state index in [1.165, 1.54) is 18.5 Å². The lowest BCUT2D eigenvalue weighted by Crippen LogP contribution is -2.24. The zero-order valence-corrected chi connectivity index (χ0v) is 7.36. The van der Waals surface area contributed by atoms with Crippen molar-refractivity contribution in [3.05, 3.63) is 24.0 Å². The lowest BCUT2D eigenvalue weighted by Gasteiger charge is -2.06. The Morgan fingerprint density at radius 1 is 1.50 bits per heavy atom. The molecule has 6 heteroatoms. The molecule has 1 aromatic rings. The van der Waals surface area contributed by atoms with Crippen LogP contribution in [0.4, 0.5) is 5.69 Å². The van der Waals surface area contributed by atoms with Gasteiger partial charge in [-0.05, 0) is 6.07 Å². The van der Waals surface area contributed by atoms with Crippen molar-refractivity contribution in [2.45, 2.75) is 0 Å². The van der Waals surface area contributed by atoms with Gasteiger partial charge in [-0.3, -0.25) is 14.6 Å². The summed E-state index contributed by atoms with van der Waals surface area (Å²) in [5, 5.41) is 2.41. The maximum Gasteiger partial charge on any atom is 0.250 e. The number of nitrogens with zero attached hydrogens (tertiary/aromatic N) is 1. The van der Waals surface area contributed by atoms with Crippen molar-refractivity contribution in [3.63, 3.8) is 0 Å². The third kappa shape index (κ3) is 2.27. The molecule has 0 aromatic carbocycles. The van der Waals surface area contributed by atoms with Crippen LogP contribution in [-0.4, -0.2) is 23.3 Å². The van der Waals surface area contributed by atoms with Crippen molar-refractivity contribution >= 4 is 17.5 Å². The first-order chi connectivity index (χ1) is 6.65. The number of nitrogens with two attached hydrogens (primary N) is 2. The molecule has 1 aromatic heterocycles. The highest BCUT2D eigenvalue weighted by atomic mass is 16.2. The number of hydrogen-bond acceptors (Lipinski definition) is 4. The molecule has 14 heavy (non-hydrogen) atoms. The number of carbonyl (C=O) groups excluding carboxylic acids is 2. The predicted octanol–water partition coefficient (Wildman–Crippen LogP) is -0.922. The Morgan fingerprint density at radius 2 is 2.21 bits per heavy atom. The first-order valence-electron chi connectivity index (χ1n) is 3.89. The van der Waals surface area contributed by atoms with Gasteiger partial charge in [0, 0.05) is 6.20 Å². The van der Waals surface area contributed by atoms with Crippen molar-refractivity contribution in [1.82, 2.24) is 4.98 Å². The molecule has 0 aliphatic heterocycles. The summed E-state index contributed by atoms with van der Waals surface area (Å²) in [5.74, 6) is -1.03. The average Bonchev–Trinajstić information content (AvgIpc) is 2.18. The van der Waals surface area contributed by atoms with Crippen LogP contribution in [0, 0.1) is 0 Å². The van der Waals surface area contributed by atoms with E-state index in [1.54, 1.807) is 0 Å². The summed E-state index contributed by atoms with van der Waals surface area (Å²) in [6.45, 7) is -0.160. The maximum atomic E-state index is 10.9. The predicted molar refractivity (Wildman–Crippen MR) is 50.4 cm³/mol. The van der Waals surface area contributed by atoms with Gasteiger partial charge in [-0.15, -0.1) is 0 Å². The highest BCUT2D eigenvalue weighted by molar-refractivity contribution is 6.03. The lowest BCUT2D eigenvalue weighted by atomic mass is 10.2. The zero-order valence-electron chi connectivity index (χ0n) is 7.36. The van der Waals surface area contributed by atoms with E-state index >= 15 is 0 Å². The number of pyridine rings is 1. The number of primary amides is 1. The first kappa shape index (κ1) is 10.1. The van der Waals surface area contributed by atoms with E-state index in [-0.39, 0.29) is 17.8 Å². The minimum Gasteiger partial charge on any atom is -0.366 e. The summed E-state index contributed by atoms with van der Waals surface area (Å²) in [4.78, 5) is 25.6. The number of aromatic nitrogens is 1. The molecule has 0 aliphatic rings. The van der Waals surface area contributed by atoms with Crippen LogP contribution in [0.1, 0.15) is 10.4 Å². The molecule has 0 saturated carbocycles. The van der Waals surface area contributed by atoms with Gasteiger partial charge in [0.1, 0.15) is 0 Å². The molecule has 0 spiro atoms. The molecule has 0 aliphatic carbocycles. The second kappa shape index (κ2) is 4.33. The van der Waals surface area contributed by atoms with E-state index in [2.05, 4.69) is 10.3 Å². The Hall–Kier alpha value is -1.95. The van der Waals surface area contributed by atoms with Crippen molar-refractivity contribution in [2.24, 2.45) is 11.5 Å². The fourth-order valence-electron chi connectivity index (χ4n) is 0.910. The van der Waals surface area contributed by atoms with Gasteiger partial charge >= 0.3 is 0 Å². The minimum absolute atomic E-state index is 0.160. The molecule has 2 amide bonds. The lowest BCUT2D eigenvalue weighted by molar-refractivity contribution is -0.114. The van der Waals surface area contributed by atoms with E-state index < -0.39 is 11.8 Å². The van der Waals surface area contributed by atoms with Gasteiger partial charge in [0.15, 0.2) is 0 Å². The Balaban J connectivity index is 2.95. The largest absolute Gasteiger partial charge is 0.366 e. The van der Waals surface area contributed by atoms with Crippen LogP contribution in [0.15, 0.2) is 18.5 Å². The van der Waals surface area contributed by atoms with Gasteiger partial charge in [-0.25, -0.2) is 0 Å². The number of amides is 2. The molecular formula is C8H10N4O2. The van der Waals surface area contributed by atoms with Gasteiger partial charge in [0.25, 0.3) is 5.91 Å². The Bertz CT molecular complexity index is 364. The van der Waals surface area contributed by atoms with Crippen LogP contribution < -0.4 is 16.8 Å². The van der Waals surface area contributed by atoms with Crippen molar-refractivity contribution in [1.29, 1.82) is 0 Å². The standard InChI is InChI=1S/C8H10N4O2/c9-3-7(13)12-6-4-11-2-1-5(6)8(10)14/h1-2,4H,3,9H2,(H2,10,14)(H,12,13). The molecule has 0 atom stereocenters. The Kier molecular flexibility index (Phi) is 3.14. The molecule has 5 N–H and O–H groups in total. The highest BCUT2D eigenvalue weighted by Crippen LogP contribution is 2.11. The van der Waals surface area contributed by atoms with Crippen molar-refractivity contribution in [3.8, 4) is 0 Å². The summed E-state index contributed by atoms with van der Waals surface area (Å²) in [6, 6.07) is 1.43. The zero-order chi connectivity index (χ0) is 10.6. The normalized spacial score (nSPS) is 9.50. The van der Waals surface area contributed by atoms with Gasteiger partial charge < -0.3 is 16.8 Å². The molecule has 0 radical (unpaired) electrons. The number of nitrogens with one attached hydrogen (secondary N) is 1. The summed E-state index contributed by atoms with van der Waals surface area (Å²) in [5.41, 5.74) is 10.7. The molecule has 0 unspecified atom stereocenters. The maximum absolute atomic E-state index is 10.9. The number of anilines is 1. The van der Waals surface area contributed by atoms with Gasteiger partial charge in [-0.1, -0.05) is 0 Å². The van der Waals surface area contributed by atoms with E-state index in [0.717, 1.165) is 0 Å². The SMILES string of the molecule is NCC(=O)Nc1cnccc1C(N)=O.